The number of carbonyl (C=O) groups is 2. The number of pyridine rings is 1. The van der Waals surface area contributed by atoms with Crippen LogP contribution in [0.15, 0.2) is 42.6 Å². The lowest BCUT2D eigenvalue weighted by molar-refractivity contribution is -0.145. The Morgan fingerprint density at radius 2 is 2.13 bits per heavy atom. The number of nitrogens with one attached hydrogen (secondary N) is 1. The van der Waals surface area contributed by atoms with Crippen LogP contribution in [0.1, 0.15) is 6.92 Å². The first-order chi connectivity index (χ1) is 10.9. The molecule has 1 aliphatic heterocycles. The Morgan fingerprint density at radius 3 is 2.87 bits per heavy atom. The quantitative estimate of drug-likeness (QED) is 0.858. The highest BCUT2D eigenvalue weighted by molar-refractivity contribution is 6.31. The van der Waals surface area contributed by atoms with Crippen molar-refractivity contribution in [2.45, 2.75) is 12.5 Å². The zero-order valence-electron chi connectivity index (χ0n) is 12.5. The van der Waals surface area contributed by atoms with Gasteiger partial charge in [-0.05, 0) is 37.3 Å². The van der Waals surface area contributed by atoms with Gasteiger partial charge in [0, 0.05) is 24.0 Å². The van der Waals surface area contributed by atoms with Gasteiger partial charge in [-0.2, -0.15) is 0 Å². The standard InChI is InChI=1S/C16H14ClN3O3/c1-16(14(21)19-11-6-3-5-10(17)9-11)15(22)20(2)13-12(23-16)7-4-8-18-13/h3-9H,1-2H3,(H,19,21)/t16-/m0/s1. The first kappa shape index (κ1) is 15.3. The minimum absolute atomic E-state index is 0.373. The number of anilines is 2. The number of benzene rings is 1. The first-order valence-electron chi connectivity index (χ1n) is 6.91. The number of likely N-dealkylation sites (N-methyl/N-ethyl adjacent to an activating group) is 1. The van der Waals surface area contributed by atoms with E-state index in [1.807, 2.05) is 0 Å². The molecule has 1 aromatic carbocycles. The van der Waals surface area contributed by atoms with E-state index >= 15 is 0 Å². The predicted molar refractivity (Wildman–Crippen MR) is 86.8 cm³/mol. The number of fused-ring (bicyclic) bond motifs is 1. The molecule has 2 amide bonds. The van der Waals surface area contributed by atoms with Crippen LogP contribution in [0.4, 0.5) is 11.5 Å². The number of hydrogen-bond donors (Lipinski definition) is 1. The third-order valence-electron chi connectivity index (χ3n) is 3.61. The Hall–Kier alpha value is -2.60. The van der Waals surface area contributed by atoms with Crippen molar-refractivity contribution >= 4 is 34.9 Å². The molecule has 0 saturated heterocycles. The van der Waals surface area contributed by atoms with Crippen molar-refractivity contribution in [2.75, 3.05) is 17.3 Å². The van der Waals surface area contributed by atoms with Crippen LogP contribution < -0.4 is 15.0 Å². The number of rotatable bonds is 2. The molecule has 1 N–H and O–H groups in total. The normalized spacial score (nSPS) is 19.8. The van der Waals surface area contributed by atoms with E-state index in [1.54, 1.807) is 49.6 Å². The fourth-order valence-corrected chi connectivity index (χ4v) is 2.54. The number of carbonyl (C=O) groups excluding carboxylic acids is 2. The van der Waals surface area contributed by atoms with Crippen molar-refractivity contribution < 1.29 is 14.3 Å². The van der Waals surface area contributed by atoms with E-state index in [0.29, 0.717) is 22.3 Å². The fraction of sp³-hybridized carbons (Fsp3) is 0.188. The van der Waals surface area contributed by atoms with E-state index in [2.05, 4.69) is 10.3 Å². The molecule has 0 spiro atoms. The van der Waals surface area contributed by atoms with Gasteiger partial charge in [-0.25, -0.2) is 4.98 Å². The fourth-order valence-electron chi connectivity index (χ4n) is 2.35. The monoisotopic (exact) mass is 331 g/mol. The first-order valence-corrected chi connectivity index (χ1v) is 7.29. The van der Waals surface area contributed by atoms with Gasteiger partial charge in [0.1, 0.15) is 0 Å². The van der Waals surface area contributed by atoms with Crippen LogP contribution in [-0.2, 0) is 9.59 Å². The molecule has 23 heavy (non-hydrogen) atoms. The summed E-state index contributed by atoms with van der Waals surface area (Å²) in [6.45, 7) is 1.43. The van der Waals surface area contributed by atoms with Gasteiger partial charge in [0.25, 0.3) is 17.4 Å². The van der Waals surface area contributed by atoms with Crippen molar-refractivity contribution in [1.82, 2.24) is 4.98 Å². The lowest BCUT2D eigenvalue weighted by Crippen LogP contribution is -2.60. The molecule has 2 heterocycles. The summed E-state index contributed by atoms with van der Waals surface area (Å²) in [4.78, 5) is 30.6. The largest absolute Gasteiger partial charge is 0.464 e. The molecular weight excluding hydrogens is 318 g/mol. The van der Waals surface area contributed by atoms with Crippen LogP contribution in [-0.4, -0.2) is 29.4 Å². The molecule has 1 aliphatic rings. The van der Waals surface area contributed by atoms with E-state index in [4.69, 9.17) is 16.3 Å². The van der Waals surface area contributed by atoms with Gasteiger partial charge < -0.3 is 10.1 Å². The van der Waals surface area contributed by atoms with E-state index in [9.17, 15) is 9.59 Å². The van der Waals surface area contributed by atoms with Gasteiger partial charge in [0.05, 0.1) is 0 Å². The SMILES string of the molecule is CN1C(=O)[C@](C)(C(=O)Nc2cccc(Cl)c2)Oc2cccnc21. The van der Waals surface area contributed by atoms with Gasteiger partial charge in [-0.15, -0.1) is 0 Å². The minimum atomic E-state index is -1.69. The van der Waals surface area contributed by atoms with E-state index in [1.165, 1.54) is 11.8 Å². The minimum Gasteiger partial charge on any atom is -0.464 e. The summed E-state index contributed by atoms with van der Waals surface area (Å²) < 4.78 is 5.67. The second kappa shape index (κ2) is 5.55. The average molecular weight is 332 g/mol. The summed E-state index contributed by atoms with van der Waals surface area (Å²) in [5.41, 5.74) is -1.20. The average Bonchev–Trinajstić information content (AvgIpc) is 2.53. The highest BCUT2D eigenvalue weighted by Crippen LogP contribution is 2.35. The van der Waals surface area contributed by atoms with Crippen molar-refractivity contribution in [3.8, 4) is 5.75 Å². The number of hydrogen-bond acceptors (Lipinski definition) is 4. The highest BCUT2D eigenvalue weighted by atomic mass is 35.5. The second-order valence-corrected chi connectivity index (χ2v) is 5.73. The zero-order chi connectivity index (χ0) is 16.6. The Kier molecular flexibility index (Phi) is 3.69. The molecule has 0 radical (unpaired) electrons. The molecule has 2 aromatic rings. The van der Waals surface area contributed by atoms with Crippen LogP contribution in [0, 0.1) is 0 Å². The molecule has 0 bridgehead atoms. The molecule has 7 heteroatoms. The summed E-state index contributed by atoms with van der Waals surface area (Å²) in [7, 11) is 1.56. The van der Waals surface area contributed by atoms with Crippen molar-refractivity contribution in [1.29, 1.82) is 0 Å². The lowest BCUT2D eigenvalue weighted by atomic mass is 10.0. The molecule has 6 nitrogen and oxygen atoms in total. The van der Waals surface area contributed by atoms with Crippen LogP contribution in [0.5, 0.6) is 5.75 Å². The Bertz CT molecular complexity index is 796. The van der Waals surface area contributed by atoms with Gasteiger partial charge >= 0.3 is 0 Å². The maximum Gasteiger partial charge on any atom is 0.281 e. The highest BCUT2D eigenvalue weighted by Gasteiger charge is 2.50. The lowest BCUT2D eigenvalue weighted by Gasteiger charge is -2.36. The molecule has 0 unspecified atom stereocenters. The maximum atomic E-state index is 12.6. The number of aromatic nitrogens is 1. The topological polar surface area (TPSA) is 71.5 Å². The predicted octanol–water partition coefficient (Wildman–Crippen LogP) is 2.49. The molecule has 118 valence electrons. The summed E-state index contributed by atoms with van der Waals surface area (Å²) in [5.74, 6) is -0.321. The van der Waals surface area contributed by atoms with Gasteiger partial charge in [-0.1, -0.05) is 17.7 Å². The molecular formula is C16H14ClN3O3. The summed E-state index contributed by atoms with van der Waals surface area (Å²) in [5, 5.41) is 3.14. The molecule has 0 aliphatic carbocycles. The van der Waals surface area contributed by atoms with E-state index in [-0.39, 0.29) is 0 Å². The third-order valence-corrected chi connectivity index (χ3v) is 3.85. The van der Waals surface area contributed by atoms with Crippen molar-refractivity contribution in [3.05, 3.63) is 47.6 Å². The Balaban J connectivity index is 1.92. The van der Waals surface area contributed by atoms with Gasteiger partial charge in [0.15, 0.2) is 11.6 Å². The molecule has 3 rings (SSSR count). The zero-order valence-corrected chi connectivity index (χ0v) is 13.3. The molecule has 1 aromatic heterocycles. The molecule has 0 fully saturated rings. The molecule has 1 atom stereocenters. The number of nitrogens with zero attached hydrogens (tertiary/aromatic N) is 2. The van der Waals surface area contributed by atoms with Crippen molar-refractivity contribution in [3.63, 3.8) is 0 Å². The van der Waals surface area contributed by atoms with E-state index < -0.39 is 17.4 Å². The van der Waals surface area contributed by atoms with Crippen LogP contribution >= 0.6 is 11.6 Å². The van der Waals surface area contributed by atoms with Crippen molar-refractivity contribution in [2.24, 2.45) is 0 Å². The number of halogens is 1. The van der Waals surface area contributed by atoms with E-state index in [0.717, 1.165) is 0 Å². The second-order valence-electron chi connectivity index (χ2n) is 5.29. The maximum absolute atomic E-state index is 12.6. The summed E-state index contributed by atoms with van der Waals surface area (Å²) in [6, 6.07) is 10.0. The smallest absolute Gasteiger partial charge is 0.281 e. The number of amides is 2. The Morgan fingerprint density at radius 1 is 1.35 bits per heavy atom. The summed E-state index contributed by atoms with van der Waals surface area (Å²) in [6.07, 6.45) is 1.56. The van der Waals surface area contributed by atoms with Gasteiger partial charge in [0.2, 0.25) is 0 Å². The number of ether oxygens (including phenoxy) is 1. The van der Waals surface area contributed by atoms with Crippen LogP contribution in [0.25, 0.3) is 0 Å². The van der Waals surface area contributed by atoms with Crippen LogP contribution in [0.2, 0.25) is 5.02 Å². The third kappa shape index (κ3) is 2.61. The molecule has 0 saturated carbocycles. The Labute approximate surface area is 138 Å². The van der Waals surface area contributed by atoms with Crippen LogP contribution in [0.3, 0.4) is 0 Å². The van der Waals surface area contributed by atoms with Gasteiger partial charge in [-0.3, -0.25) is 14.5 Å². The summed E-state index contributed by atoms with van der Waals surface area (Å²) >= 11 is 5.90.